The lowest BCUT2D eigenvalue weighted by molar-refractivity contribution is 0.307. The lowest BCUT2D eigenvalue weighted by Gasteiger charge is -2.28. The van der Waals surface area contributed by atoms with E-state index in [1.165, 1.54) is 37.7 Å². The maximum Gasteiger partial charge on any atom is 0.120 e. The fourth-order valence-corrected chi connectivity index (χ4v) is 3.27. The largest absolute Gasteiger partial charge is 0.497 e. The van der Waals surface area contributed by atoms with Crippen LogP contribution in [-0.2, 0) is 0 Å². The van der Waals surface area contributed by atoms with E-state index in [0.29, 0.717) is 5.92 Å². The number of nitrogens with two attached hydrogens (primary N) is 1. The van der Waals surface area contributed by atoms with Crippen molar-refractivity contribution in [2.75, 3.05) is 7.11 Å². The van der Waals surface area contributed by atoms with Crippen molar-refractivity contribution in [3.8, 4) is 5.75 Å². The fourth-order valence-electron chi connectivity index (χ4n) is 2.65. The molecular weight excluding hydrogens is 278 g/mol. The maximum atomic E-state index is 6.39. The van der Waals surface area contributed by atoms with Crippen LogP contribution in [0.1, 0.15) is 43.7 Å². The molecule has 0 saturated heterocycles. The van der Waals surface area contributed by atoms with E-state index in [-0.39, 0.29) is 6.04 Å². The number of hydrogen-bond acceptors (Lipinski definition) is 2. The smallest absolute Gasteiger partial charge is 0.120 e. The minimum Gasteiger partial charge on any atom is -0.497 e. The second kappa shape index (κ2) is 5.87. The van der Waals surface area contributed by atoms with Gasteiger partial charge in [0.15, 0.2) is 0 Å². The van der Waals surface area contributed by atoms with Crippen molar-refractivity contribution >= 4 is 15.9 Å². The number of methoxy groups -OCH3 is 1. The number of benzene rings is 1. The van der Waals surface area contributed by atoms with E-state index in [1.54, 1.807) is 7.11 Å². The van der Waals surface area contributed by atoms with Crippen molar-refractivity contribution < 1.29 is 4.74 Å². The molecule has 0 bridgehead atoms. The summed E-state index contributed by atoms with van der Waals surface area (Å²) in [7, 11) is 1.68. The van der Waals surface area contributed by atoms with Gasteiger partial charge in [0.2, 0.25) is 0 Å². The summed E-state index contributed by atoms with van der Waals surface area (Å²) >= 11 is 3.60. The Morgan fingerprint density at radius 1 is 1.29 bits per heavy atom. The number of halogens is 1. The Morgan fingerprint density at radius 3 is 2.59 bits per heavy atom. The van der Waals surface area contributed by atoms with Crippen LogP contribution in [0.25, 0.3) is 0 Å². The van der Waals surface area contributed by atoms with Crippen molar-refractivity contribution in [3.05, 3.63) is 28.2 Å². The lowest BCUT2D eigenvalue weighted by atomic mass is 9.81. The summed E-state index contributed by atoms with van der Waals surface area (Å²) in [5.74, 6) is 1.50. The van der Waals surface area contributed by atoms with Gasteiger partial charge in [-0.2, -0.15) is 0 Å². The summed E-state index contributed by atoms with van der Waals surface area (Å²) < 4.78 is 6.27. The van der Waals surface area contributed by atoms with Gasteiger partial charge in [-0.15, -0.1) is 0 Å². The Hall–Kier alpha value is -0.540. The van der Waals surface area contributed by atoms with Crippen LogP contribution in [0.5, 0.6) is 5.75 Å². The molecule has 2 nitrogen and oxygen atoms in total. The standard InChI is InChI=1S/C14H20BrNO/c1-17-11-7-8-12(13(15)9-11)14(16)10-5-3-2-4-6-10/h7-10,14H,2-6,16H2,1H3. The molecule has 0 aliphatic heterocycles. The van der Waals surface area contributed by atoms with E-state index in [1.807, 2.05) is 12.1 Å². The molecule has 3 heteroatoms. The summed E-state index contributed by atoms with van der Waals surface area (Å²) in [5, 5.41) is 0. The fraction of sp³-hybridized carbons (Fsp3) is 0.571. The van der Waals surface area contributed by atoms with Crippen molar-refractivity contribution in [3.63, 3.8) is 0 Å². The first-order valence-corrected chi connectivity index (χ1v) is 7.10. The van der Waals surface area contributed by atoms with Gasteiger partial charge < -0.3 is 10.5 Å². The first kappa shape index (κ1) is 12.9. The Morgan fingerprint density at radius 2 is 2.00 bits per heavy atom. The average Bonchev–Trinajstić information content (AvgIpc) is 2.39. The normalized spacial score (nSPS) is 19.0. The highest BCUT2D eigenvalue weighted by Crippen LogP contribution is 2.36. The molecule has 1 saturated carbocycles. The number of hydrogen-bond donors (Lipinski definition) is 1. The van der Waals surface area contributed by atoms with Gasteiger partial charge in [-0.25, -0.2) is 0 Å². The molecular formula is C14H20BrNO. The highest BCUT2D eigenvalue weighted by Gasteiger charge is 2.23. The zero-order valence-corrected chi connectivity index (χ0v) is 11.9. The highest BCUT2D eigenvalue weighted by atomic mass is 79.9. The molecule has 0 radical (unpaired) electrons. The van der Waals surface area contributed by atoms with Crippen LogP contribution >= 0.6 is 15.9 Å². The Balaban J connectivity index is 2.15. The average molecular weight is 298 g/mol. The monoisotopic (exact) mass is 297 g/mol. The second-order valence-electron chi connectivity index (χ2n) is 4.81. The Labute approximate surface area is 112 Å². The Bertz CT molecular complexity index is 374. The summed E-state index contributed by atoms with van der Waals surface area (Å²) in [4.78, 5) is 0. The van der Waals surface area contributed by atoms with Gasteiger partial charge in [0.1, 0.15) is 5.75 Å². The van der Waals surface area contributed by atoms with Gasteiger partial charge in [0, 0.05) is 10.5 Å². The zero-order valence-electron chi connectivity index (χ0n) is 10.3. The SMILES string of the molecule is COc1ccc(C(N)C2CCCCC2)c(Br)c1. The minimum absolute atomic E-state index is 0.149. The summed E-state index contributed by atoms with van der Waals surface area (Å²) in [5.41, 5.74) is 7.60. The molecule has 17 heavy (non-hydrogen) atoms. The van der Waals surface area contributed by atoms with Gasteiger partial charge >= 0.3 is 0 Å². The van der Waals surface area contributed by atoms with Gasteiger partial charge in [0.25, 0.3) is 0 Å². The van der Waals surface area contributed by atoms with Crippen molar-refractivity contribution in [1.29, 1.82) is 0 Å². The van der Waals surface area contributed by atoms with Gasteiger partial charge in [-0.3, -0.25) is 0 Å². The van der Waals surface area contributed by atoms with Gasteiger partial charge in [-0.1, -0.05) is 41.3 Å². The van der Waals surface area contributed by atoms with E-state index < -0.39 is 0 Å². The predicted molar refractivity (Wildman–Crippen MR) is 74.2 cm³/mol. The second-order valence-corrected chi connectivity index (χ2v) is 5.67. The van der Waals surface area contributed by atoms with Crippen LogP contribution < -0.4 is 10.5 Å². The topological polar surface area (TPSA) is 35.2 Å². The number of ether oxygens (including phenoxy) is 1. The molecule has 1 aliphatic carbocycles. The van der Waals surface area contributed by atoms with Crippen LogP contribution in [-0.4, -0.2) is 7.11 Å². The van der Waals surface area contributed by atoms with E-state index in [4.69, 9.17) is 10.5 Å². The molecule has 94 valence electrons. The van der Waals surface area contributed by atoms with Crippen LogP contribution in [0.15, 0.2) is 22.7 Å². The molecule has 1 aromatic rings. The highest BCUT2D eigenvalue weighted by molar-refractivity contribution is 9.10. The minimum atomic E-state index is 0.149. The third-order valence-electron chi connectivity index (χ3n) is 3.72. The molecule has 1 aliphatic rings. The first-order chi connectivity index (χ1) is 8.22. The third-order valence-corrected chi connectivity index (χ3v) is 4.41. The van der Waals surface area contributed by atoms with Gasteiger partial charge in [-0.05, 0) is 36.5 Å². The molecule has 1 atom stereocenters. The summed E-state index contributed by atoms with van der Waals surface area (Å²) in [6, 6.07) is 6.22. The van der Waals surface area contributed by atoms with Crippen molar-refractivity contribution in [2.24, 2.45) is 11.7 Å². The van der Waals surface area contributed by atoms with Crippen molar-refractivity contribution in [2.45, 2.75) is 38.1 Å². The van der Waals surface area contributed by atoms with Gasteiger partial charge in [0.05, 0.1) is 7.11 Å². The number of rotatable bonds is 3. The first-order valence-electron chi connectivity index (χ1n) is 6.31. The third kappa shape index (κ3) is 3.02. The Kier molecular flexibility index (Phi) is 4.46. The van der Waals surface area contributed by atoms with E-state index in [2.05, 4.69) is 22.0 Å². The molecule has 1 aromatic carbocycles. The molecule has 0 heterocycles. The predicted octanol–water partition coefficient (Wildman–Crippen LogP) is 4.04. The lowest BCUT2D eigenvalue weighted by Crippen LogP contribution is -2.23. The van der Waals surface area contributed by atoms with E-state index in [0.717, 1.165) is 10.2 Å². The molecule has 2 N–H and O–H groups in total. The molecule has 0 amide bonds. The molecule has 1 unspecified atom stereocenters. The molecule has 2 rings (SSSR count). The zero-order chi connectivity index (χ0) is 12.3. The summed E-state index contributed by atoms with van der Waals surface area (Å²) in [6.45, 7) is 0. The molecule has 0 spiro atoms. The van der Waals surface area contributed by atoms with Crippen LogP contribution in [0.2, 0.25) is 0 Å². The van der Waals surface area contributed by atoms with Crippen LogP contribution in [0, 0.1) is 5.92 Å². The maximum absolute atomic E-state index is 6.39. The summed E-state index contributed by atoms with van der Waals surface area (Å²) in [6.07, 6.45) is 6.55. The van der Waals surface area contributed by atoms with Crippen LogP contribution in [0.3, 0.4) is 0 Å². The molecule has 0 aromatic heterocycles. The van der Waals surface area contributed by atoms with E-state index in [9.17, 15) is 0 Å². The van der Waals surface area contributed by atoms with Crippen molar-refractivity contribution in [1.82, 2.24) is 0 Å². The van der Waals surface area contributed by atoms with Crippen LogP contribution in [0.4, 0.5) is 0 Å². The quantitative estimate of drug-likeness (QED) is 0.914. The molecule has 1 fully saturated rings. The van der Waals surface area contributed by atoms with E-state index >= 15 is 0 Å².